The normalized spacial score (nSPS) is 12.7. The Morgan fingerprint density at radius 2 is 1.65 bits per heavy atom. The van der Waals surface area contributed by atoms with E-state index in [1.807, 2.05) is 0 Å². The van der Waals surface area contributed by atoms with E-state index in [-0.39, 0.29) is 13.0 Å². The van der Waals surface area contributed by atoms with E-state index in [9.17, 15) is 22.0 Å². The molecule has 0 radical (unpaired) electrons. The Labute approximate surface area is 117 Å². The van der Waals surface area contributed by atoms with Crippen molar-refractivity contribution in [2.24, 2.45) is 0 Å². The highest BCUT2D eigenvalue weighted by molar-refractivity contribution is 6.30. The topological polar surface area (TPSA) is 21.3 Å². The van der Waals surface area contributed by atoms with E-state index in [1.54, 1.807) is 24.3 Å². The minimum absolute atomic E-state index is 0.0409. The maximum absolute atomic E-state index is 12.4. The molecule has 1 aromatic carbocycles. The van der Waals surface area contributed by atoms with E-state index in [0.29, 0.717) is 11.6 Å². The molecule has 0 spiro atoms. The first kappa shape index (κ1) is 17.1. The van der Waals surface area contributed by atoms with Gasteiger partial charge in [0.1, 0.15) is 0 Å². The van der Waals surface area contributed by atoms with Crippen LogP contribution in [0.5, 0.6) is 0 Å². The SMILES string of the molecule is FC(F)(F)C(F)(F)OCCCNCc1ccc(Cl)cc1. The lowest BCUT2D eigenvalue weighted by Crippen LogP contribution is -2.39. The fourth-order valence-corrected chi connectivity index (χ4v) is 1.44. The van der Waals surface area contributed by atoms with Gasteiger partial charge in [-0.2, -0.15) is 22.0 Å². The van der Waals surface area contributed by atoms with Gasteiger partial charge in [-0.15, -0.1) is 0 Å². The largest absolute Gasteiger partial charge is 0.482 e. The summed E-state index contributed by atoms with van der Waals surface area (Å²) in [7, 11) is 0. The molecular formula is C12H13ClF5NO. The molecule has 1 aromatic rings. The van der Waals surface area contributed by atoms with E-state index in [0.717, 1.165) is 5.56 Å². The van der Waals surface area contributed by atoms with Crippen molar-refractivity contribution in [1.29, 1.82) is 0 Å². The molecule has 0 amide bonds. The highest BCUT2D eigenvalue weighted by Crippen LogP contribution is 2.36. The first-order valence-electron chi connectivity index (χ1n) is 5.76. The van der Waals surface area contributed by atoms with Crippen LogP contribution in [0.1, 0.15) is 12.0 Å². The third kappa shape index (κ3) is 5.60. The molecule has 1 rings (SSSR count). The highest BCUT2D eigenvalue weighted by Gasteiger charge is 2.59. The van der Waals surface area contributed by atoms with Crippen LogP contribution in [0.2, 0.25) is 5.02 Å². The molecule has 0 atom stereocenters. The van der Waals surface area contributed by atoms with Crippen molar-refractivity contribution in [3.8, 4) is 0 Å². The first-order valence-corrected chi connectivity index (χ1v) is 6.14. The van der Waals surface area contributed by atoms with E-state index in [1.165, 1.54) is 0 Å². The molecular weight excluding hydrogens is 305 g/mol. The summed E-state index contributed by atoms with van der Waals surface area (Å²) in [6, 6.07) is 6.96. The number of hydrogen-bond donors (Lipinski definition) is 1. The van der Waals surface area contributed by atoms with Gasteiger partial charge in [-0.1, -0.05) is 23.7 Å². The lowest BCUT2D eigenvalue weighted by molar-refractivity contribution is -0.391. The number of ether oxygens (including phenoxy) is 1. The van der Waals surface area contributed by atoms with Gasteiger partial charge < -0.3 is 10.1 Å². The Morgan fingerprint density at radius 1 is 1.05 bits per heavy atom. The van der Waals surface area contributed by atoms with Gasteiger partial charge in [-0.25, -0.2) is 0 Å². The Balaban J connectivity index is 2.15. The van der Waals surface area contributed by atoms with Gasteiger partial charge in [-0.3, -0.25) is 0 Å². The summed E-state index contributed by atoms with van der Waals surface area (Å²) < 4.78 is 63.6. The second kappa shape index (κ2) is 7.19. The van der Waals surface area contributed by atoms with Gasteiger partial charge >= 0.3 is 12.3 Å². The number of hydrogen-bond acceptors (Lipinski definition) is 2. The summed E-state index contributed by atoms with van der Waals surface area (Å²) in [5, 5.41) is 3.49. The van der Waals surface area contributed by atoms with Crippen LogP contribution in [0.15, 0.2) is 24.3 Å². The molecule has 0 bridgehead atoms. The lowest BCUT2D eigenvalue weighted by atomic mass is 10.2. The van der Waals surface area contributed by atoms with E-state index >= 15 is 0 Å². The molecule has 20 heavy (non-hydrogen) atoms. The van der Waals surface area contributed by atoms with Crippen molar-refractivity contribution in [2.45, 2.75) is 25.3 Å². The third-order valence-electron chi connectivity index (χ3n) is 2.35. The fourth-order valence-electron chi connectivity index (χ4n) is 1.31. The van der Waals surface area contributed by atoms with Crippen molar-refractivity contribution in [3.05, 3.63) is 34.9 Å². The number of rotatable bonds is 7. The van der Waals surface area contributed by atoms with Crippen molar-refractivity contribution >= 4 is 11.6 Å². The molecule has 0 saturated carbocycles. The van der Waals surface area contributed by atoms with Crippen LogP contribution in [0.3, 0.4) is 0 Å². The van der Waals surface area contributed by atoms with Crippen molar-refractivity contribution in [2.75, 3.05) is 13.2 Å². The zero-order chi connectivity index (χ0) is 15.2. The Hall–Kier alpha value is -0.920. The van der Waals surface area contributed by atoms with Gasteiger partial charge in [0.2, 0.25) is 0 Å². The molecule has 0 aliphatic heterocycles. The van der Waals surface area contributed by atoms with Gasteiger partial charge in [0.15, 0.2) is 0 Å². The minimum atomic E-state index is -5.68. The Morgan fingerprint density at radius 3 is 2.20 bits per heavy atom. The molecule has 2 nitrogen and oxygen atoms in total. The zero-order valence-electron chi connectivity index (χ0n) is 10.3. The molecule has 0 aliphatic carbocycles. The van der Waals surface area contributed by atoms with Crippen LogP contribution in [0, 0.1) is 0 Å². The van der Waals surface area contributed by atoms with Gasteiger partial charge in [0.25, 0.3) is 0 Å². The Kier molecular flexibility index (Phi) is 6.16. The van der Waals surface area contributed by atoms with Crippen LogP contribution in [0.4, 0.5) is 22.0 Å². The van der Waals surface area contributed by atoms with Gasteiger partial charge in [-0.05, 0) is 30.7 Å². The molecule has 8 heteroatoms. The van der Waals surface area contributed by atoms with Crippen molar-refractivity contribution in [3.63, 3.8) is 0 Å². The van der Waals surface area contributed by atoms with E-state index in [2.05, 4.69) is 10.1 Å². The molecule has 0 aliphatic rings. The smallest absolute Gasteiger partial charge is 0.313 e. The summed E-state index contributed by atoms with van der Waals surface area (Å²) in [4.78, 5) is 0. The quantitative estimate of drug-likeness (QED) is 0.606. The molecule has 0 aromatic heterocycles. The van der Waals surface area contributed by atoms with Crippen LogP contribution in [-0.4, -0.2) is 25.4 Å². The fraction of sp³-hybridized carbons (Fsp3) is 0.500. The first-order chi connectivity index (χ1) is 9.22. The summed E-state index contributed by atoms with van der Waals surface area (Å²) in [5.41, 5.74) is 0.927. The second-order valence-electron chi connectivity index (χ2n) is 4.02. The van der Waals surface area contributed by atoms with Crippen LogP contribution in [0.25, 0.3) is 0 Å². The minimum Gasteiger partial charge on any atom is -0.313 e. The van der Waals surface area contributed by atoms with Crippen LogP contribution < -0.4 is 5.32 Å². The van der Waals surface area contributed by atoms with Crippen molar-refractivity contribution < 1.29 is 26.7 Å². The Bertz CT molecular complexity index is 407. The number of alkyl halides is 5. The lowest BCUT2D eigenvalue weighted by Gasteiger charge is -2.19. The maximum atomic E-state index is 12.4. The predicted octanol–water partition coefficient (Wildman–Crippen LogP) is 3.99. The average molecular weight is 318 g/mol. The molecule has 0 unspecified atom stereocenters. The van der Waals surface area contributed by atoms with Gasteiger partial charge in [0.05, 0.1) is 6.61 Å². The summed E-state index contributed by atoms with van der Waals surface area (Å²) in [5.74, 6) is 0. The third-order valence-corrected chi connectivity index (χ3v) is 2.61. The monoisotopic (exact) mass is 317 g/mol. The number of nitrogens with one attached hydrogen (secondary N) is 1. The molecule has 1 N–H and O–H groups in total. The highest BCUT2D eigenvalue weighted by atomic mass is 35.5. The molecule has 0 heterocycles. The summed E-state index contributed by atoms with van der Waals surface area (Å²) in [6.45, 7) is 0.0452. The average Bonchev–Trinajstić information content (AvgIpc) is 2.34. The second-order valence-corrected chi connectivity index (χ2v) is 4.46. The number of halogens is 6. The van der Waals surface area contributed by atoms with Crippen LogP contribution in [-0.2, 0) is 11.3 Å². The predicted molar refractivity (Wildman–Crippen MR) is 64.7 cm³/mol. The van der Waals surface area contributed by atoms with E-state index < -0.39 is 18.9 Å². The molecule has 114 valence electrons. The van der Waals surface area contributed by atoms with Gasteiger partial charge in [0, 0.05) is 11.6 Å². The van der Waals surface area contributed by atoms with E-state index in [4.69, 9.17) is 11.6 Å². The number of benzene rings is 1. The standard InChI is InChI=1S/C12H13ClF5NO/c13-10-4-2-9(3-5-10)8-19-6-1-7-20-12(17,18)11(14,15)16/h2-5,19H,1,6-8H2. The maximum Gasteiger partial charge on any atom is 0.482 e. The van der Waals surface area contributed by atoms with Crippen molar-refractivity contribution in [1.82, 2.24) is 5.32 Å². The summed E-state index contributed by atoms with van der Waals surface area (Å²) >= 11 is 5.69. The molecule has 0 saturated heterocycles. The zero-order valence-corrected chi connectivity index (χ0v) is 11.1. The molecule has 0 fully saturated rings. The van der Waals surface area contributed by atoms with Crippen LogP contribution >= 0.6 is 11.6 Å². The summed E-state index contributed by atoms with van der Waals surface area (Å²) in [6.07, 6.45) is -10.7.